The average molecular weight is 358 g/mol. The molecule has 0 radical (unpaired) electrons. The summed E-state index contributed by atoms with van der Waals surface area (Å²) in [7, 11) is 0. The fraction of sp³-hybridized carbons (Fsp3) is 0.550. The van der Waals surface area contributed by atoms with Gasteiger partial charge in [-0.3, -0.25) is 14.8 Å². The predicted octanol–water partition coefficient (Wildman–Crippen LogP) is 3.26. The minimum absolute atomic E-state index is 0.265. The lowest BCUT2D eigenvalue weighted by Crippen LogP contribution is -2.50. The number of rotatable bonds is 4. The van der Waals surface area contributed by atoms with Crippen LogP contribution in [0.1, 0.15) is 23.4 Å². The predicted molar refractivity (Wildman–Crippen MR) is 102 cm³/mol. The second-order valence-electron chi connectivity index (χ2n) is 7.48. The SMILES string of the molecule is c1ccc(CN2CCOCC3(CCCN(Cc4cccs4)C3)C2)nc1. The first-order chi connectivity index (χ1) is 12.3. The van der Waals surface area contributed by atoms with Crippen LogP contribution in [0.2, 0.25) is 0 Å². The Hall–Kier alpha value is -1.27. The molecule has 1 spiro atoms. The lowest BCUT2D eigenvalue weighted by atomic mass is 9.80. The molecule has 1 unspecified atom stereocenters. The number of hydrogen-bond donors (Lipinski definition) is 0. The summed E-state index contributed by atoms with van der Waals surface area (Å²) < 4.78 is 6.05. The van der Waals surface area contributed by atoms with E-state index in [9.17, 15) is 0 Å². The van der Waals surface area contributed by atoms with Crippen LogP contribution in [0.5, 0.6) is 0 Å². The monoisotopic (exact) mass is 357 g/mol. The van der Waals surface area contributed by atoms with Gasteiger partial charge in [0.15, 0.2) is 0 Å². The van der Waals surface area contributed by atoms with Crippen molar-refractivity contribution in [1.82, 2.24) is 14.8 Å². The molecular weight excluding hydrogens is 330 g/mol. The highest BCUT2D eigenvalue weighted by Crippen LogP contribution is 2.34. The van der Waals surface area contributed by atoms with Crippen LogP contribution in [0.3, 0.4) is 0 Å². The third kappa shape index (κ3) is 4.47. The molecule has 0 N–H and O–H groups in total. The van der Waals surface area contributed by atoms with Gasteiger partial charge in [0.2, 0.25) is 0 Å². The van der Waals surface area contributed by atoms with E-state index < -0.39 is 0 Å². The molecule has 2 fully saturated rings. The number of aromatic nitrogens is 1. The minimum atomic E-state index is 0.265. The zero-order valence-electron chi connectivity index (χ0n) is 14.8. The molecule has 2 aliphatic heterocycles. The van der Waals surface area contributed by atoms with Gasteiger partial charge in [-0.15, -0.1) is 11.3 Å². The molecule has 2 aromatic rings. The van der Waals surface area contributed by atoms with Crippen LogP contribution >= 0.6 is 11.3 Å². The first-order valence-electron chi connectivity index (χ1n) is 9.26. The van der Waals surface area contributed by atoms with Crippen molar-refractivity contribution in [3.05, 3.63) is 52.5 Å². The molecule has 0 saturated carbocycles. The number of ether oxygens (including phenoxy) is 1. The number of piperidine rings is 1. The van der Waals surface area contributed by atoms with E-state index >= 15 is 0 Å². The number of thiophene rings is 1. The molecule has 4 nitrogen and oxygen atoms in total. The van der Waals surface area contributed by atoms with E-state index in [1.54, 1.807) is 0 Å². The molecule has 0 bridgehead atoms. The van der Waals surface area contributed by atoms with Gasteiger partial charge in [0.1, 0.15) is 0 Å². The third-order valence-corrected chi connectivity index (χ3v) is 6.19. The van der Waals surface area contributed by atoms with Crippen LogP contribution in [0.25, 0.3) is 0 Å². The summed E-state index contributed by atoms with van der Waals surface area (Å²) in [6.45, 7) is 8.21. The maximum atomic E-state index is 6.05. The lowest BCUT2D eigenvalue weighted by Gasteiger charge is -2.43. The fourth-order valence-electron chi connectivity index (χ4n) is 4.25. The standard InChI is InChI=1S/C20H27N3OS/c1-2-8-21-18(5-1)13-23-10-11-24-17-20(16-23)7-4-9-22(15-20)14-19-6-3-12-25-19/h1-3,5-6,8,12H,4,7,9-11,13-17H2. The molecule has 0 aliphatic carbocycles. The summed E-state index contributed by atoms with van der Waals surface area (Å²) in [6.07, 6.45) is 4.43. The molecule has 0 aromatic carbocycles. The number of nitrogens with zero attached hydrogens (tertiary/aromatic N) is 3. The van der Waals surface area contributed by atoms with E-state index in [2.05, 4.69) is 44.4 Å². The third-order valence-electron chi connectivity index (χ3n) is 5.33. The molecule has 0 amide bonds. The van der Waals surface area contributed by atoms with Crippen LogP contribution in [-0.4, -0.2) is 54.2 Å². The van der Waals surface area contributed by atoms with Crippen molar-refractivity contribution < 1.29 is 4.74 Å². The molecule has 134 valence electrons. The van der Waals surface area contributed by atoms with Crippen molar-refractivity contribution in [3.63, 3.8) is 0 Å². The van der Waals surface area contributed by atoms with Crippen molar-refractivity contribution in [2.45, 2.75) is 25.9 Å². The molecule has 25 heavy (non-hydrogen) atoms. The molecule has 5 heteroatoms. The van der Waals surface area contributed by atoms with Crippen LogP contribution in [0.4, 0.5) is 0 Å². The first kappa shape index (κ1) is 17.2. The van der Waals surface area contributed by atoms with Gasteiger partial charge in [-0.1, -0.05) is 12.1 Å². The van der Waals surface area contributed by atoms with Gasteiger partial charge in [-0.05, 0) is 43.0 Å². The molecule has 2 aliphatic rings. The van der Waals surface area contributed by atoms with Crippen molar-refractivity contribution >= 4 is 11.3 Å². The topological polar surface area (TPSA) is 28.6 Å². The van der Waals surface area contributed by atoms with Gasteiger partial charge < -0.3 is 4.74 Å². The van der Waals surface area contributed by atoms with Gasteiger partial charge in [-0.25, -0.2) is 0 Å². The molecule has 1 atom stereocenters. The Balaban J connectivity index is 1.43. The highest BCUT2D eigenvalue weighted by Gasteiger charge is 2.38. The van der Waals surface area contributed by atoms with E-state index in [1.165, 1.54) is 24.3 Å². The summed E-state index contributed by atoms with van der Waals surface area (Å²) >= 11 is 1.87. The number of likely N-dealkylation sites (tertiary alicyclic amines) is 1. The Bertz CT molecular complexity index is 648. The largest absolute Gasteiger partial charge is 0.379 e. The average Bonchev–Trinajstić information content (AvgIpc) is 3.05. The summed E-state index contributed by atoms with van der Waals surface area (Å²) in [5.74, 6) is 0. The van der Waals surface area contributed by atoms with Crippen LogP contribution in [0.15, 0.2) is 41.9 Å². The summed E-state index contributed by atoms with van der Waals surface area (Å²) in [5.41, 5.74) is 1.42. The van der Waals surface area contributed by atoms with E-state index in [-0.39, 0.29) is 5.41 Å². The summed E-state index contributed by atoms with van der Waals surface area (Å²) in [5, 5.41) is 2.18. The first-order valence-corrected chi connectivity index (χ1v) is 10.1. The van der Waals surface area contributed by atoms with Crippen LogP contribution < -0.4 is 0 Å². The highest BCUT2D eigenvalue weighted by atomic mass is 32.1. The Morgan fingerprint density at radius 1 is 1.08 bits per heavy atom. The highest BCUT2D eigenvalue weighted by molar-refractivity contribution is 7.09. The molecular formula is C20H27N3OS. The lowest BCUT2D eigenvalue weighted by molar-refractivity contribution is 0.00272. The van der Waals surface area contributed by atoms with Gasteiger partial charge in [0.05, 0.1) is 18.9 Å². The van der Waals surface area contributed by atoms with Crippen molar-refractivity contribution in [3.8, 4) is 0 Å². The normalized spacial score (nSPS) is 25.9. The second-order valence-corrected chi connectivity index (χ2v) is 8.51. The Morgan fingerprint density at radius 2 is 2.00 bits per heavy atom. The van der Waals surface area contributed by atoms with Crippen molar-refractivity contribution in [2.24, 2.45) is 5.41 Å². The molecule has 4 rings (SSSR count). The van der Waals surface area contributed by atoms with Gasteiger partial charge >= 0.3 is 0 Å². The molecule has 2 saturated heterocycles. The van der Waals surface area contributed by atoms with Gasteiger partial charge in [-0.2, -0.15) is 0 Å². The van der Waals surface area contributed by atoms with Crippen LogP contribution in [0, 0.1) is 5.41 Å². The second kappa shape index (κ2) is 7.96. The van der Waals surface area contributed by atoms with Gasteiger partial charge in [0.25, 0.3) is 0 Å². The Labute approximate surface area is 154 Å². The maximum absolute atomic E-state index is 6.05. The number of pyridine rings is 1. The zero-order valence-corrected chi connectivity index (χ0v) is 15.6. The smallest absolute Gasteiger partial charge is 0.0593 e. The van der Waals surface area contributed by atoms with Crippen molar-refractivity contribution in [2.75, 3.05) is 39.4 Å². The molecule has 4 heterocycles. The number of hydrogen-bond acceptors (Lipinski definition) is 5. The quantitative estimate of drug-likeness (QED) is 0.840. The Kier molecular flexibility index (Phi) is 5.46. The van der Waals surface area contributed by atoms with E-state index in [0.717, 1.165) is 51.6 Å². The van der Waals surface area contributed by atoms with E-state index in [4.69, 9.17) is 4.74 Å². The van der Waals surface area contributed by atoms with E-state index in [1.807, 2.05) is 23.6 Å². The summed E-state index contributed by atoms with van der Waals surface area (Å²) in [4.78, 5) is 11.2. The molecule has 2 aromatic heterocycles. The van der Waals surface area contributed by atoms with E-state index in [0.29, 0.717) is 0 Å². The van der Waals surface area contributed by atoms with Crippen LogP contribution in [-0.2, 0) is 17.8 Å². The maximum Gasteiger partial charge on any atom is 0.0593 e. The van der Waals surface area contributed by atoms with Gasteiger partial charge in [0, 0.05) is 49.2 Å². The zero-order chi connectivity index (χ0) is 17.0. The fourth-order valence-corrected chi connectivity index (χ4v) is 5.00. The summed E-state index contributed by atoms with van der Waals surface area (Å²) in [6, 6.07) is 10.6. The Morgan fingerprint density at radius 3 is 2.80 bits per heavy atom. The van der Waals surface area contributed by atoms with Crippen molar-refractivity contribution in [1.29, 1.82) is 0 Å². The minimum Gasteiger partial charge on any atom is -0.379 e.